The van der Waals surface area contributed by atoms with Crippen LogP contribution in [0.15, 0.2) is 30.3 Å². The summed E-state index contributed by atoms with van der Waals surface area (Å²) in [5.41, 5.74) is 8.64. The molecule has 3 nitrogen and oxygen atoms in total. The Hall–Kier alpha value is -2.16. The molecular formula is C18H21N3. The molecule has 0 aliphatic carbocycles. The van der Waals surface area contributed by atoms with Gasteiger partial charge in [-0.15, -0.1) is 0 Å². The Kier molecular flexibility index (Phi) is 3.50. The highest BCUT2D eigenvalue weighted by molar-refractivity contribution is 5.96. The summed E-state index contributed by atoms with van der Waals surface area (Å²) in [5.74, 6) is 0. The SMILES string of the molecule is CCc1c(C)c(CC)c2nn(C)nc2c1-c1ccccc1. The minimum Gasteiger partial charge on any atom is -0.187 e. The van der Waals surface area contributed by atoms with Crippen molar-refractivity contribution in [2.75, 3.05) is 0 Å². The third-order valence-electron chi connectivity index (χ3n) is 4.21. The number of hydrogen-bond acceptors (Lipinski definition) is 2. The first-order valence-electron chi connectivity index (χ1n) is 7.58. The summed E-state index contributed by atoms with van der Waals surface area (Å²) in [5, 5.41) is 9.27. The highest BCUT2D eigenvalue weighted by Crippen LogP contribution is 2.36. The largest absolute Gasteiger partial charge is 0.187 e. The lowest BCUT2D eigenvalue weighted by atomic mass is 9.88. The zero-order valence-corrected chi connectivity index (χ0v) is 13.1. The standard InChI is InChI=1S/C18H21N3/c1-5-14-12(3)15(6-2)17-18(20-21(4)19-17)16(14)13-10-8-7-9-11-13/h7-11H,5-6H2,1-4H3. The van der Waals surface area contributed by atoms with Gasteiger partial charge in [-0.1, -0.05) is 44.2 Å². The van der Waals surface area contributed by atoms with Crippen molar-refractivity contribution in [2.45, 2.75) is 33.6 Å². The maximum absolute atomic E-state index is 4.65. The van der Waals surface area contributed by atoms with Gasteiger partial charge in [0.05, 0.1) is 0 Å². The van der Waals surface area contributed by atoms with E-state index in [2.05, 4.69) is 61.3 Å². The van der Waals surface area contributed by atoms with Crippen LogP contribution in [-0.2, 0) is 19.9 Å². The molecule has 1 aromatic heterocycles. The van der Waals surface area contributed by atoms with Crippen molar-refractivity contribution in [1.82, 2.24) is 15.0 Å². The third-order valence-corrected chi connectivity index (χ3v) is 4.21. The number of benzene rings is 2. The van der Waals surface area contributed by atoms with Crippen molar-refractivity contribution in [3.8, 4) is 11.1 Å². The summed E-state index contributed by atoms with van der Waals surface area (Å²) in [6, 6.07) is 10.5. The van der Waals surface area contributed by atoms with Gasteiger partial charge in [0.1, 0.15) is 11.0 Å². The second-order valence-corrected chi connectivity index (χ2v) is 5.42. The smallest absolute Gasteiger partial charge is 0.121 e. The maximum Gasteiger partial charge on any atom is 0.121 e. The van der Waals surface area contributed by atoms with Crippen LogP contribution in [-0.4, -0.2) is 15.0 Å². The van der Waals surface area contributed by atoms with Crippen LogP contribution in [0, 0.1) is 6.92 Å². The van der Waals surface area contributed by atoms with E-state index >= 15 is 0 Å². The number of hydrogen-bond donors (Lipinski definition) is 0. The monoisotopic (exact) mass is 279 g/mol. The fraction of sp³-hybridized carbons (Fsp3) is 0.333. The van der Waals surface area contributed by atoms with Crippen molar-refractivity contribution in [3.05, 3.63) is 47.0 Å². The first kappa shape index (κ1) is 13.8. The van der Waals surface area contributed by atoms with Crippen molar-refractivity contribution in [2.24, 2.45) is 7.05 Å². The molecule has 0 saturated carbocycles. The molecule has 2 aromatic carbocycles. The summed E-state index contributed by atoms with van der Waals surface area (Å²) >= 11 is 0. The van der Waals surface area contributed by atoms with Crippen LogP contribution in [0.1, 0.15) is 30.5 Å². The highest BCUT2D eigenvalue weighted by atomic mass is 15.4. The van der Waals surface area contributed by atoms with E-state index in [1.54, 1.807) is 4.80 Å². The molecule has 0 atom stereocenters. The minimum absolute atomic E-state index is 0.989. The van der Waals surface area contributed by atoms with Gasteiger partial charge in [0.25, 0.3) is 0 Å². The molecule has 0 fully saturated rings. The normalized spacial score (nSPS) is 11.2. The van der Waals surface area contributed by atoms with Gasteiger partial charge in [-0.2, -0.15) is 15.0 Å². The van der Waals surface area contributed by atoms with E-state index in [0.717, 1.165) is 23.9 Å². The minimum atomic E-state index is 0.989. The topological polar surface area (TPSA) is 30.7 Å². The lowest BCUT2D eigenvalue weighted by Crippen LogP contribution is -2.00. The average Bonchev–Trinajstić information content (AvgIpc) is 2.87. The molecule has 0 amide bonds. The quantitative estimate of drug-likeness (QED) is 0.723. The second-order valence-electron chi connectivity index (χ2n) is 5.42. The molecule has 108 valence electrons. The van der Waals surface area contributed by atoms with Crippen LogP contribution in [0.2, 0.25) is 0 Å². The summed E-state index contributed by atoms with van der Waals surface area (Å²) in [7, 11) is 1.90. The number of rotatable bonds is 3. The predicted octanol–water partition coefficient (Wildman–Crippen LogP) is 4.07. The summed E-state index contributed by atoms with van der Waals surface area (Å²) < 4.78 is 0. The number of fused-ring (bicyclic) bond motifs is 1. The summed E-state index contributed by atoms with van der Waals surface area (Å²) in [4.78, 5) is 1.69. The van der Waals surface area contributed by atoms with Crippen molar-refractivity contribution >= 4 is 11.0 Å². The zero-order valence-electron chi connectivity index (χ0n) is 13.1. The Balaban J connectivity index is 2.47. The van der Waals surface area contributed by atoms with E-state index in [9.17, 15) is 0 Å². The lowest BCUT2D eigenvalue weighted by Gasteiger charge is -2.15. The summed E-state index contributed by atoms with van der Waals surface area (Å²) in [6.45, 7) is 6.63. The van der Waals surface area contributed by atoms with Gasteiger partial charge in [-0.25, -0.2) is 0 Å². The van der Waals surface area contributed by atoms with Gasteiger partial charge in [-0.3, -0.25) is 0 Å². The predicted molar refractivity (Wildman–Crippen MR) is 87.4 cm³/mol. The number of aromatic nitrogens is 3. The van der Waals surface area contributed by atoms with E-state index < -0.39 is 0 Å². The van der Waals surface area contributed by atoms with E-state index in [0.29, 0.717) is 0 Å². The maximum atomic E-state index is 4.65. The Bertz CT molecular complexity index is 785. The van der Waals surface area contributed by atoms with E-state index in [1.807, 2.05) is 7.05 Å². The molecule has 1 heterocycles. The van der Waals surface area contributed by atoms with Crippen LogP contribution in [0.25, 0.3) is 22.2 Å². The van der Waals surface area contributed by atoms with Crippen LogP contribution in [0.4, 0.5) is 0 Å². The Morgan fingerprint density at radius 3 is 2.14 bits per heavy atom. The van der Waals surface area contributed by atoms with Gasteiger partial charge in [0.15, 0.2) is 0 Å². The molecular weight excluding hydrogens is 258 g/mol. The third kappa shape index (κ3) is 2.13. The summed E-state index contributed by atoms with van der Waals surface area (Å²) in [6.07, 6.45) is 2.00. The van der Waals surface area contributed by atoms with Crippen LogP contribution in [0.5, 0.6) is 0 Å². The molecule has 0 bridgehead atoms. The Morgan fingerprint density at radius 2 is 1.52 bits per heavy atom. The van der Waals surface area contributed by atoms with E-state index in [-0.39, 0.29) is 0 Å². The fourth-order valence-electron chi connectivity index (χ4n) is 3.26. The molecule has 0 aliphatic heterocycles. The zero-order chi connectivity index (χ0) is 15.0. The Labute approximate surface area is 125 Å². The van der Waals surface area contributed by atoms with Crippen molar-refractivity contribution < 1.29 is 0 Å². The first-order valence-corrected chi connectivity index (χ1v) is 7.58. The number of aryl methyl sites for hydroxylation is 2. The van der Waals surface area contributed by atoms with Crippen LogP contribution in [0.3, 0.4) is 0 Å². The fourth-order valence-corrected chi connectivity index (χ4v) is 3.26. The van der Waals surface area contributed by atoms with Crippen molar-refractivity contribution in [3.63, 3.8) is 0 Å². The van der Waals surface area contributed by atoms with E-state index in [4.69, 9.17) is 0 Å². The van der Waals surface area contributed by atoms with E-state index in [1.165, 1.54) is 27.8 Å². The van der Waals surface area contributed by atoms with Crippen molar-refractivity contribution in [1.29, 1.82) is 0 Å². The van der Waals surface area contributed by atoms with Gasteiger partial charge in [-0.05, 0) is 42.0 Å². The molecule has 3 aromatic rings. The Morgan fingerprint density at radius 1 is 0.905 bits per heavy atom. The molecule has 0 radical (unpaired) electrons. The molecule has 0 N–H and O–H groups in total. The van der Waals surface area contributed by atoms with Gasteiger partial charge < -0.3 is 0 Å². The van der Waals surface area contributed by atoms with Gasteiger partial charge in [0, 0.05) is 12.6 Å². The lowest BCUT2D eigenvalue weighted by molar-refractivity contribution is 0.664. The van der Waals surface area contributed by atoms with Crippen LogP contribution >= 0.6 is 0 Å². The van der Waals surface area contributed by atoms with Crippen LogP contribution < -0.4 is 0 Å². The molecule has 3 rings (SSSR count). The van der Waals surface area contributed by atoms with Gasteiger partial charge in [0.2, 0.25) is 0 Å². The highest BCUT2D eigenvalue weighted by Gasteiger charge is 2.19. The average molecular weight is 279 g/mol. The molecule has 0 spiro atoms. The first-order chi connectivity index (χ1) is 10.2. The molecule has 0 saturated heterocycles. The molecule has 3 heteroatoms. The van der Waals surface area contributed by atoms with Gasteiger partial charge >= 0.3 is 0 Å². The molecule has 21 heavy (non-hydrogen) atoms. The number of nitrogens with zero attached hydrogens (tertiary/aromatic N) is 3. The molecule has 0 unspecified atom stereocenters. The molecule has 0 aliphatic rings. The second kappa shape index (κ2) is 5.32.